The van der Waals surface area contributed by atoms with Gasteiger partial charge in [0, 0.05) is 50.0 Å². The van der Waals surface area contributed by atoms with Crippen LogP contribution in [0, 0.1) is 11.3 Å². The highest BCUT2D eigenvalue weighted by atomic mass is 32.1. The van der Waals surface area contributed by atoms with Gasteiger partial charge >= 0.3 is 0 Å². The summed E-state index contributed by atoms with van der Waals surface area (Å²) in [5, 5.41) is 16.3. The second-order valence-corrected chi connectivity index (χ2v) is 8.88. The van der Waals surface area contributed by atoms with Crippen LogP contribution < -0.4 is 10.6 Å². The molecule has 0 atom stereocenters. The van der Waals surface area contributed by atoms with Crippen molar-refractivity contribution >= 4 is 33.3 Å². The first-order valence-corrected chi connectivity index (χ1v) is 11.6. The zero-order valence-corrected chi connectivity index (χ0v) is 18.7. The first-order valence-electron chi connectivity index (χ1n) is 10.8. The SMILES string of the molecule is N#Cc1cccc(C(=O)Nc2ccccc2-c2nc3cc(CN4CCNCC4)cnc3s2)c1. The van der Waals surface area contributed by atoms with Gasteiger partial charge in [0.25, 0.3) is 5.91 Å². The highest BCUT2D eigenvalue weighted by molar-refractivity contribution is 7.21. The van der Waals surface area contributed by atoms with E-state index < -0.39 is 0 Å². The van der Waals surface area contributed by atoms with Gasteiger partial charge in [-0.2, -0.15) is 5.26 Å². The molecule has 0 spiro atoms. The van der Waals surface area contributed by atoms with Crippen LogP contribution in [0.5, 0.6) is 0 Å². The lowest BCUT2D eigenvalue weighted by molar-refractivity contribution is 0.102. The molecule has 0 aliphatic carbocycles. The third-order valence-electron chi connectivity index (χ3n) is 5.58. The van der Waals surface area contributed by atoms with Gasteiger partial charge in [-0.05, 0) is 42.0 Å². The Morgan fingerprint density at radius 1 is 1.15 bits per heavy atom. The molecule has 1 fully saturated rings. The summed E-state index contributed by atoms with van der Waals surface area (Å²) in [4.78, 5) is 25.6. The van der Waals surface area contributed by atoms with Crippen molar-refractivity contribution in [2.45, 2.75) is 6.54 Å². The number of thiazole rings is 1. The van der Waals surface area contributed by atoms with E-state index in [1.54, 1.807) is 24.3 Å². The van der Waals surface area contributed by atoms with Crippen molar-refractivity contribution in [1.82, 2.24) is 20.2 Å². The molecule has 164 valence electrons. The van der Waals surface area contributed by atoms with E-state index in [9.17, 15) is 4.79 Å². The van der Waals surface area contributed by atoms with Crippen molar-refractivity contribution in [2.24, 2.45) is 0 Å². The van der Waals surface area contributed by atoms with Gasteiger partial charge in [0.15, 0.2) is 0 Å². The van der Waals surface area contributed by atoms with E-state index in [-0.39, 0.29) is 5.91 Å². The predicted octanol–water partition coefficient (Wildman–Crippen LogP) is 3.89. The van der Waals surface area contributed by atoms with Crippen LogP contribution >= 0.6 is 11.3 Å². The smallest absolute Gasteiger partial charge is 0.255 e. The van der Waals surface area contributed by atoms with Gasteiger partial charge in [-0.3, -0.25) is 9.69 Å². The van der Waals surface area contributed by atoms with Crippen LogP contribution in [0.2, 0.25) is 0 Å². The van der Waals surface area contributed by atoms with Gasteiger partial charge < -0.3 is 10.6 Å². The molecule has 4 aromatic rings. The molecule has 3 heterocycles. The Labute approximate surface area is 195 Å². The number of anilines is 1. The Balaban J connectivity index is 1.40. The van der Waals surface area contributed by atoms with Gasteiger partial charge in [0.2, 0.25) is 0 Å². The fourth-order valence-corrected chi connectivity index (χ4v) is 4.83. The van der Waals surface area contributed by atoms with E-state index >= 15 is 0 Å². The van der Waals surface area contributed by atoms with E-state index in [1.807, 2.05) is 30.5 Å². The molecule has 8 heteroatoms. The molecule has 33 heavy (non-hydrogen) atoms. The Hall–Kier alpha value is -3.64. The van der Waals surface area contributed by atoms with Gasteiger partial charge in [-0.1, -0.05) is 29.5 Å². The van der Waals surface area contributed by atoms with Crippen molar-refractivity contribution in [3.63, 3.8) is 0 Å². The largest absolute Gasteiger partial charge is 0.321 e. The predicted molar refractivity (Wildman–Crippen MR) is 130 cm³/mol. The Morgan fingerprint density at radius 2 is 2.00 bits per heavy atom. The summed E-state index contributed by atoms with van der Waals surface area (Å²) in [6.45, 7) is 4.96. The highest BCUT2D eigenvalue weighted by Gasteiger charge is 2.16. The van der Waals surface area contributed by atoms with Gasteiger partial charge in [-0.25, -0.2) is 9.97 Å². The number of carbonyl (C=O) groups is 1. The molecule has 2 N–H and O–H groups in total. The second-order valence-electron chi connectivity index (χ2n) is 7.91. The van der Waals surface area contributed by atoms with Crippen LogP contribution in [0.1, 0.15) is 21.5 Å². The molecule has 1 aliphatic heterocycles. The quantitative estimate of drug-likeness (QED) is 0.475. The summed E-state index contributed by atoms with van der Waals surface area (Å²) < 4.78 is 0. The number of nitrogens with one attached hydrogen (secondary N) is 2. The topological polar surface area (TPSA) is 93.9 Å². The summed E-state index contributed by atoms with van der Waals surface area (Å²) in [5.74, 6) is -0.267. The first-order chi connectivity index (χ1) is 16.2. The standard InChI is InChI=1S/C25H22N6OS/c26-14-17-4-3-5-19(12-17)23(32)29-21-7-2-1-6-20(21)24-30-22-13-18(15-28-25(22)33-24)16-31-10-8-27-9-11-31/h1-7,12-13,15,27H,8-11,16H2,(H,29,32). The molecule has 1 aliphatic rings. The van der Waals surface area contributed by atoms with E-state index in [4.69, 9.17) is 10.2 Å². The number of pyridine rings is 1. The maximum Gasteiger partial charge on any atom is 0.255 e. The minimum absolute atomic E-state index is 0.267. The van der Waals surface area contributed by atoms with Crippen molar-refractivity contribution < 1.29 is 4.79 Å². The summed E-state index contributed by atoms with van der Waals surface area (Å²) in [6.07, 6.45) is 1.93. The Bertz CT molecular complexity index is 1350. The van der Waals surface area contributed by atoms with Crippen LogP contribution in [-0.2, 0) is 6.54 Å². The maximum atomic E-state index is 12.8. The number of piperazine rings is 1. The summed E-state index contributed by atoms with van der Waals surface area (Å²) in [6, 6.07) is 18.4. The van der Waals surface area contributed by atoms with Crippen LogP contribution in [0.25, 0.3) is 20.9 Å². The van der Waals surface area contributed by atoms with Crippen LogP contribution in [0.4, 0.5) is 5.69 Å². The Kier molecular flexibility index (Phi) is 6.09. The molecule has 0 radical (unpaired) electrons. The third-order valence-corrected chi connectivity index (χ3v) is 6.59. The molecule has 0 unspecified atom stereocenters. The van der Waals surface area contributed by atoms with E-state index in [0.717, 1.165) is 59.2 Å². The number of hydrogen-bond acceptors (Lipinski definition) is 7. The molecule has 7 nitrogen and oxygen atoms in total. The Morgan fingerprint density at radius 3 is 2.85 bits per heavy atom. The lowest BCUT2D eigenvalue weighted by Gasteiger charge is -2.26. The lowest BCUT2D eigenvalue weighted by atomic mass is 10.1. The number of carbonyl (C=O) groups excluding carboxylic acids is 1. The van der Waals surface area contributed by atoms with E-state index in [2.05, 4.69) is 32.7 Å². The molecule has 1 amide bonds. The van der Waals surface area contributed by atoms with Crippen molar-refractivity contribution in [1.29, 1.82) is 5.26 Å². The summed E-state index contributed by atoms with van der Waals surface area (Å²) in [7, 11) is 0. The fourth-order valence-electron chi connectivity index (χ4n) is 3.90. The number of nitriles is 1. The minimum Gasteiger partial charge on any atom is -0.321 e. The molecule has 0 saturated carbocycles. The number of aromatic nitrogens is 2. The molecule has 0 bridgehead atoms. The molecule has 5 rings (SSSR count). The number of rotatable bonds is 5. The maximum absolute atomic E-state index is 12.8. The zero-order chi connectivity index (χ0) is 22.6. The van der Waals surface area contributed by atoms with E-state index in [0.29, 0.717) is 16.8 Å². The van der Waals surface area contributed by atoms with Crippen LogP contribution in [0.15, 0.2) is 60.8 Å². The third kappa shape index (κ3) is 4.76. The monoisotopic (exact) mass is 454 g/mol. The van der Waals surface area contributed by atoms with Crippen LogP contribution in [0.3, 0.4) is 0 Å². The second kappa shape index (κ2) is 9.46. The average Bonchev–Trinajstić information content (AvgIpc) is 3.28. The molecular weight excluding hydrogens is 432 g/mol. The fraction of sp³-hybridized carbons (Fsp3) is 0.200. The average molecular weight is 455 g/mol. The van der Waals surface area contributed by atoms with Gasteiger partial charge in [0.05, 0.1) is 17.3 Å². The zero-order valence-electron chi connectivity index (χ0n) is 17.9. The van der Waals surface area contributed by atoms with Gasteiger partial charge in [-0.15, -0.1) is 0 Å². The molecule has 2 aromatic carbocycles. The molecular formula is C25H22N6OS. The minimum atomic E-state index is -0.267. The number of amides is 1. The normalized spacial score (nSPS) is 14.2. The van der Waals surface area contributed by atoms with Crippen LogP contribution in [-0.4, -0.2) is 47.0 Å². The number of fused-ring (bicyclic) bond motifs is 1. The molecule has 1 saturated heterocycles. The van der Waals surface area contributed by atoms with Crippen molar-refractivity contribution in [2.75, 3.05) is 31.5 Å². The summed E-state index contributed by atoms with van der Waals surface area (Å²) >= 11 is 1.51. The van der Waals surface area contributed by atoms with Crippen molar-refractivity contribution in [3.05, 3.63) is 77.5 Å². The number of hydrogen-bond donors (Lipinski definition) is 2. The number of benzene rings is 2. The number of para-hydroxylation sites is 1. The van der Waals surface area contributed by atoms with E-state index in [1.165, 1.54) is 11.3 Å². The lowest BCUT2D eigenvalue weighted by Crippen LogP contribution is -2.42. The van der Waals surface area contributed by atoms with Crippen molar-refractivity contribution in [3.8, 4) is 16.6 Å². The van der Waals surface area contributed by atoms with Gasteiger partial charge in [0.1, 0.15) is 15.4 Å². The summed E-state index contributed by atoms with van der Waals surface area (Å²) in [5.41, 5.74) is 4.42. The molecule has 2 aromatic heterocycles. The first kappa shape index (κ1) is 21.2. The number of nitrogens with zero attached hydrogens (tertiary/aromatic N) is 4. The highest BCUT2D eigenvalue weighted by Crippen LogP contribution is 2.34.